The fraction of sp³-hybridized carbons (Fsp3) is 0.474. The van der Waals surface area contributed by atoms with Gasteiger partial charge in [0, 0.05) is 41.6 Å². The molecule has 1 aromatic carbocycles. The van der Waals surface area contributed by atoms with Crippen molar-refractivity contribution >= 4 is 33.0 Å². The minimum Gasteiger partial charge on any atom is -0.377 e. The molecule has 5 nitrogen and oxygen atoms in total. The van der Waals surface area contributed by atoms with Crippen LogP contribution in [0.2, 0.25) is 5.02 Å². The van der Waals surface area contributed by atoms with Crippen LogP contribution in [0.1, 0.15) is 20.3 Å². The average molecular weight is 389 g/mol. The van der Waals surface area contributed by atoms with Crippen LogP contribution in [0.3, 0.4) is 0 Å². The Morgan fingerprint density at radius 1 is 1.31 bits per heavy atom. The number of hydrogen-bond donors (Lipinski definition) is 0. The summed E-state index contributed by atoms with van der Waals surface area (Å²) in [6.45, 7) is 5.49. The fourth-order valence-corrected chi connectivity index (χ4v) is 5.80. The summed E-state index contributed by atoms with van der Waals surface area (Å²) in [7, 11) is 2.15. The van der Waals surface area contributed by atoms with Crippen molar-refractivity contribution in [3.05, 3.63) is 35.5 Å². The Labute approximate surface area is 161 Å². The Balaban J connectivity index is 1.43. The van der Waals surface area contributed by atoms with E-state index in [0.717, 1.165) is 39.4 Å². The van der Waals surface area contributed by atoms with Gasteiger partial charge in [0.1, 0.15) is 0 Å². The second-order valence-corrected chi connectivity index (χ2v) is 9.24. The van der Waals surface area contributed by atoms with Crippen LogP contribution in [0.4, 0.5) is 5.13 Å². The second kappa shape index (κ2) is 5.68. The first kappa shape index (κ1) is 16.5. The van der Waals surface area contributed by atoms with Crippen LogP contribution in [0, 0.1) is 11.3 Å². The van der Waals surface area contributed by atoms with Gasteiger partial charge in [0.2, 0.25) is 10.1 Å². The predicted molar refractivity (Wildman–Crippen MR) is 105 cm³/mol. The molecule has 2 aliphatic rings. The van der Waals surface area contributed by atoms with E-state index in [2.05, 4.69) is 25.8 Å². The molecule has 1 saturated carbocycles. The first-order valence-electron chi connectivity index (χ1n) is 8.92. The third-order valence-corrected chi connectivity index (χ3v) is 7.20. The Kier molecular flexibility index (Phi) is 3.61. The van der Waals surface area contributed by atoms with Crippen molar-refractivity contribution in [1.29, 1.82) is 0 Å². The lowest BCUT2D eigenvalue weighted by molar-refractivity contribution is -0.101. The highest BCUT2D eigenvalue weighted by Crippen LogP contribution is 2.55. The van der Waals surface area contributed by atoms with Gasteiger partial charge in [-0.1, -0.05) is 48.9 Å². The molecule has 3 unspecified atom stereocenters. The molecule has 1 aliphatic heterocycles. The molecule has 0 N–H and O–H groups in total. The normalized spacial score (nSPS) is 26.7. The van der Waals surface area contributed by atoms with Gasteiger partial charge in [0.25, 0.3) is 0 Å². The number of aromatic nitrogens is 3. The Morgan fingerprint density at radius 3 is 2.81 bits per heavy atom. The summed E-state index contributed by atoms with van der Waals surface area (Å²) in [4.78, 5) is 7.99. The highest BCUT2D eigenvalue weighted by molar-refractivity contribution is 7.20. The molecular weight excluding hydrogens is 368 g/mol. The van der Waals surface area contributed by atoms with Crippen LogP contribution in [0.5, 0.6) is 0 Å². The van der Waals surface area contributed by atoms with Crippen molar-refractivity contribution in [2.45, 2.75) is 32.4 Å². The van der Waals surface area contributed by atoms with E-state index >= 15 is 0 Å². The van der Waals surface area contributed by atoms with E-state index in [1.807, 2.05) is 35.0 Å². The fourth-order valence-electron chi connectivity index (χ4n) is 4.79. The topological polar surface area (TPSA) is 42.7 Å². The lowest BCUT2D eigenvalue weighted by Crippen LogP contribution is -2.66. The van der Waals surface area contributed by atoms with Crippen LogP contribution in [-0.2, 0) is 4.74 Å². The van der Waals surface area contributed by atoms with E-state index in [-0.39, 0.29) is 5.41 Å². The molecule has 0 amide bonds. The van der Waals surface area contributed by atoms with Crippen molar-refractivity contribution in [2.75, 3.05) is 18.6 Å². The van der Waals surface area contributed by atoms with Gasteiger partial charge in [0.05, 0.1) is 18.0 Å². The van der Waals surface area contributed by atoms with Crippen LogP contribution in [0.25, 0.3) is 16.2 Å². The highest BCUT2D eigenvalue weighted by Gasteiger charge is 2.61. The lowest BCUT2D eigenvalue weighted by atomic mass is 9.57. The Bertz CT molecular complexity index is 932. The molecule has 0 bridgehead atoms. The molecular formula is C19H21ClN4OS. The molecule has 3 atom stereocenters. The molecule has 3 aromatic rings. The number of halogens is 1. The van der Waals surface area contributed by atoms with E-state index in [0.29, 0.717) is 18.1 Å². The van der Waals surface area contributed by atoms with Gasteiger partial charge in [-0.2, -0.15) is 0 Å². The third kappa shape index (κ3) is 2.32. The van der Waals surface area contributed by atoms with Gasteiger partial charge < -0.3 is 9.64 Å². The number of fused-ring (bicyclic) bond motifs is 2. The van der Waals surface area contributed by atoms with Crippen LogP contribution >= 0.6 is 22.9 Å². The summed E-state index contributed by atoms with van der Waals surface area (Å²) in [5.41, 5.74) is 2.12. The van der Waals surface area contributed by atoms with Gasteiger partial charge >= 0.3 is 0 Å². The van der Waals surface area contributed by atoms with Crippen molar-refractivity contribution < 1.29 is 4.74 Å². The van der Waals surface area contributed by atoms with Crippen molar-refractivity contribution in [2.24, 2.45) is 11.3 Å². The van der Waals surface area contributed by atoms with Crippen LogP contribution in [0.15, 0.2) is 30.5 Å². The number of nitrogens with zero attached hydrogens (tertiary/aromatic N) is 4. The molecule has 26 heavy (non-hydrogen) atoms. The number of anilines is 1. The van der Waals surface area contributed by atoms with E-state index in [9.17, 15) is 0 Å². The maximum Gasteiger partial charge on any atom is 0.214 e. The maximum absolute atomic E-state index is 5.97. The number of ether oxygens (including phenoxy) is 1. The van der Waals surface area contributed by atoms with E-state index in [1.54, 1.807) is 11.3 Å². The third-order valence-electron chi connectivity index (χ3n) is 5.93. The van der Waals surface area contributed by atoms with Crippen LogP contribution < -0.4 is 4.90 Å². The quantitative estimate of drug-likeness (QED) is 0.668. The standard InChI is InChI=1S/C19H21ClN4OS/c1-19(2)15(13-8-9-25-16(13)19)23(3)18-22-24-10-14(21-17(24)26-18)11-4-6-12(20)7-5-11/h4-7,10,13,15-16H,8-9H2,1-3H3. The predicted octanol–water partition coefficient (Wildman–Crippen LogP) is 4.36. The van der Waals surface area contributed by atoms with E-state index < -0.39 is 0 Å². The molecule has 1 saturated heterocycles. The van der Waals surface area contributed by atoms with Crippen LogP contribution in [-0.4, -0.2) is 40.4 Å². The van der Waals surface area contributed by atoms with Gasteiger partial charge in [-0.15, -0.1) is 5.10 Å². The minimum atomic E-state index is 0.151. The SMILES string of the molecule is CN(c1nn2cc(-c3ccc(Cl)cc3)nc2s1)C1C2CCOC2C1(C)C. The summed E-state index contributed by atoms with van der Waals surface area (Å²) in [6, 6.07) is 8.20. The molecule has 2 aromatic heterocycles. The summed E-state index contributed by atoms with van der Waals surface area (Å²) in [5, 5.41) is 6.53. The molecule has 1 aliphatic carbocycles. The van der Waals surface area contributed by atoms with E-state index in [4.69, 9.17) is 26.4 Å². The second-order valence-electron chi connectivity index (χ2n) is 7.87. The van der Waals surface area contributed by atoms with Gasteiger partial charge in [0.15, 0.2) is 0 Å². The molecule has 0 spiro atoms. The van der Waals surface area contributed by atoms with Gasteiger partial charge in [-0.25, -0.2) is 9.50 Å². The first-order chi connectivity index (χ1) is 12.4. The summed E-state index contributed by atoms with van der Waals surface area (Å²) >= 11 is 7.61. The Morgan fingerprint density at radius 2 is 2.08 bits per heavy atom. The lowest BCUT2D eigenvalue weighted by Gasteiger charge is -2.57. The molecule has 136 valence electrons. The zero-order valence-electron chi connectivity index (χ0n) is 15.0. The van der Waals surface area contributed by atoms with E-state index in [1.165, 1.54) is 0 Å². The molecule has 0 radical (unpaired) electrons. The Hall–Kier alpha value is -1.63. The largest absolute Gasteiger partial charge is 0.377 e. The van der Waals surface area contributed by atoms with Gasteiger partial charge in [-0.05, 0) is 18.6 Å². The number of rotatable bonds is 3. The average Bonchev–Trinajstić information content (AvgIpc) is 3.28. The summed E-state index contributed by atoms with van der Waals surface area (Å²) in [5.74, 6) is 0.607. The van der Waals surface area contributed by atoms with Crippen molar-refractivity contribution in [3.8, 4) is 11.3 Å². The smallest absolute Gasteiger partial charge is 0.214 e. The number of benzene rings is 1. The summed E-state index contributed by atoms with van der Waals surface area (Å²) < 4.78 is 7.81. The minimum absolute atomic E-state index is 0.151. The zero-order valence-corrected chi connectivity index (χ0v) is 16.6. The monoisotopic (exact) mass is 388 g/mol. The van der Waals surface area contributed by atoms with Crippen molar-refractivity contribution in [3.63, 3.8) is 0 Å². The maximum atomic E-state index is 5.97. The molecule has 2 fully saturated rings. The number of imidazole rings is 1. The summed E-state index contributed by atoms with van der Waals surface area (Å²) in [6.07, 6.45) is 3.52. The number of hydrogen-bond acceptors (Lipinski definition) is 5. The first-order valence-corrected chi connectivity index (χ1v) is 10.1. The molecule has 5 rings (SSSR count). The van der Waals surface area contributed by atoms with Crippen molar-refractivity contribution in [1.82, 2.24) is 14.6 Å². The van der Waals surface area contributed by atoms with Gasteiger partial charge in [-0.3, -0.25) is 0 Å². The zero-order chi connectivity index (χ0) is 18.1. The molecule has 7 heteroatoms. The highest BCUT2D eigenvalue weighted by atomic mass is 35.5. The molecule has 3 heterocycles.